The maximum atomic E-state index is 12.1. The van der Waals surface area contributed by atoms with Gasteiger partial charge in [0, 0.05) is 17.3 Å². The molecule has 0 atom stereocenters. The van der Waals surface area contributed by atoms with Crippen molar-refractivity contribution in [2.24, 2.45) is 0 Å². The molecule has 0 radical (unpaired) electrons. The van der Waals surface area contributed by atoms with Crippen LogP contribution in [0.4, 0.5) is 5.69 Å². The number of anilines is 1. The summed E-state index contributed by atoms with van der Waals surface area (Å²) < 4.78 is 1.98. The molecule has 1 aromatic heterocycles. The van der Waals surface area contributed by atoms with Gasteiger partial charge in [0.1, 0.15) is 0 Å². The first-order valence-corrected chi connectivity index (χ1v) is 7.58. The van der Waals surface area contributed by atoms with Crippen molar-refractivity contribution in [2.75, 3.05) is 5.32 Å². The highest BCUT2D eigenvalue weighted by Gasteiger charge is 2.15. The molecule has 21 heavy (non-hydrogen) atoms. The van der Waals surface area contributed by atoms with Crippen LogP contribution in [0.1, 0.15) is 29.5 Å². The number of fused-ring (bicyclic) bond motifs is 1. The number of amides is 1. The van der Waals surface area contributed by atoms with E-state index < -0.39 is 0 Å². The average Bonchev–Trinajstić information content (AvgIpc) is 2.47. The van der Waals surface area contributed by atoms with Crippen molar-refractivity contribution in [1.82, 2.24) is 0 Å². The van der Waals surface area contributed by atoms with E-state index >= 15 is 0 Å². The normalized spacial score (nSPS) is 13.6. The second-order valence-corrected chi connectivity index (χ2v) is 5.79. The number of hydrogen-bond donors (Lipinski definition) is 1. The molecule has 0 unspecified atom stereocenters. The molecule has 1 aromatic carbocycles. The van der Waals surface area contributed by atoms with E-state index in [1.165, 1.54) is 30.4 Å². The maximum absolute atomic E-state index is 12.1. The average molecular weight is 281 g/mol. The number of carbonyl (C=O) groups is 1. The van der Waals surface area contributed by atoms with Crippen LogP contribution in [0.15, 0.2) is 42.7 Å². The predicted octanol–water partition coefficient (Wildman–Crippen LogP) is 2.80. The minimum Gasteiger partial charge on any atom is -0.321 e. The third kappa shape index (κ3) is 3.48. The van der Waals surface area contributed by atoms with Gasteiger partial charge in [-0.15, -0.1) is 0 Å². The molecule has 0 spiro atoms. The number of aryl methyl sites for hydroxylation is 3. The molecule has 1 amide bonds. The number of hydrogen-bond acceptors (Lipinski definition) is 1. The first kappa shape index (κ1) is 13.8. The lowest BCUT2D eigenvalue weighted by Gasteiger charge is -2.13. The fourth-order valence-electron chi connectivity index (χ4n) is 2.91. The Labute approximate surface area is 125 Å². The predicted molar refractivity (Wildman–Crippen MR) is 83.1 cm³/mol. The van der Waals surface area contributed by atoms with Crippen molar-refractivity contribution in [3.63, 3.8) is 0 Å². The highest BCUT2D eigenvalue weighted by molar-refractivity contribution is 5.89. The summed E-state index contributed by atoms with van der Waals surface area (Å²) in [5.41, 5.74) is 4.84. The van der Waals surface area contributed by atoms with Gasteiger partial charge in [-0.25, -0.2) is 0 Å². The van der Waals surface area contributed by atoms with Crippen LogP contribution in [0.25, 0.3) is 0 Å². The molecule has 0 aliphatic heterocycles. The molecule has 3 heteroatoms. The van der Waals surface area contributed by atoms with Gasteiger partial charge in [-0.2, -0.15) is 4.57 Å². The summed E-state index contributed by atoms with van der Waals surface area (Å²) in [7, 11) is 0. The smallest absolute Gasteiger partial charge is 0.290 e. The van der Waals surface area contributed by atoms with E-state index in [1.807, 2.05) is 42.0 Å². The topological polar surface area (TPSA) is 33.0 Å². The zero-order chi connectivity index (χ0) is 14.7. The molecule has 2 aromatic rings. The summed E-state index contributed by atoms with van der Waals surface area (Å²) in [6.07, 6.45) is 8.99. The number of rotatable bonds is 3. The molecule has 0 saturated heterocycles. The van der Waals surface area contributed by atoms with E-state index in [0.29, 0.717) is 6.54 Å². The van der Waals surface area contributed by atoms with Crippen molar-refractivity contribution in [1.29, 1.82) is 0 Å². The summed E-state index contributed by atoms with van der Waals surface area (Å²) in [5, 5.41) is 2.95. The number of pyridine rings is 1. The van der Waals surface area contributed by atoms with Gasteiger partial charge in [-0.1, -0.05) is 12.1 Å². The highest BCUT2D eigenvalue weighted by Crippen LogP contribution is 2.18. The lowest BCUT2D eigenvalue weighted by Crippen LogP contribution is -2.40. The van der Waals surface area contributed by atoms with Crippen molar-refractivity contribution < 1.29 is 9.36 Å². The van der Waals surface area contributed by atoms with Gasteiger partial charge >= 0.3 is 0 Å². The molecule has 108 valence electrons. The van der Waals surface area contributed by atoms with Crippen LogP contribution in [0.5, 0.6) is 0 Å². The second kappa shape index (κ2) is 6.08. The summed E-state index contributed by atoms with van der Waals surface area (Å²) in [6, 6.07) is 10.0. The fraction of sp³-hybridized carbons (Fsp3) is 0.333. The van der Waals surface area contributed by atoms with E-state index in [0.717, 1.165) is 17.7 Å². The van der Waals surface area contributed by atoms with Crippen LogP contribution >= 0.6 is 0 Å². The van der Waals surface area contributed by atoms with Gasteiger partial charge in [-0.3, -0.25) is 4.79 Å². The Morgan fingerprint density at radius 1 is 1.19 bits per heavy atom. The molecular formula is C18H21N2O+. The number of carbonyl (C=O) groups excluding carboxylic acids is 1. The molecular weight excluding hydrogens is 260 g/mol. The monoisotopic (exact) mass is 281 g/mol. The minimum absolute atomic E-state index is 0.0151. The standard InChI is InChI=1S/C18H20N2O/c1-14-5-4-8-17(11-14)19-18(21)13-20-10-9-15-6-2-3-7-16(15)12-20/h4-5,8-12H,2-3,6-7,13H2,1H3/p+1. The lowest BCUT2D eigenvalue weighted by molar-refractivity contribution is -0.684. The van der Waals surface area contributed by atoms with Crippen LogP contribution in [0, 0.1) is 6.92 Å². The van der Waals surface area contributed by atoms with E-state index in [-0.39, 0.29) is 5.91 Å². The molecule has 0 saturated carbocycles. The fourth-order valence-corrected chi connectivity index (χ4v) is 2.91. The molecule has 3 rings (SSSR count). The molecule has 1 aliphatic carbocycles. The summed E-state index contributed by atoms with van der Waals surface area (Å²) in [5.74, 6) is 0.0151. The summed E-state index contributed by atoms with van der Waals surface area (Å²) in [4.78, 5) is 12.1. The van der Waals surface area contributed by atoms with Crippen molar-refractivity contribution in [2.45, 2.75) is 39.2 Å². The Hall–Kier alpha value is -2.16. The Morgan fingerprint density at radius 3 is 2.81 bits per heavy atom. The number of aromatic nitrogens is 1. The maximum Gasteiger partial charge on any atom is 0.290 e. The van der Waals surface area contributed by atoms with Crippen LogP contribution in [-0.2, 0) is 24.2 Å². The second-order valence-electron chi connectivity index (χ2n) is 5.79. The number of nitrogens with one attached hydrogen (secondary N) is 1. The summed E-state index contributed by atoms with van der Waals surface area (Å²) >= 11 is 0. The third-order valence-corrected chi connectivity index (χ3v) is 3.97. The first-order chi connectivity index (χ1) is 10.2. The molecule has 0 fully saturated rings. The van der Waals surface area contributed by atoms with Crippen LogP contribution < -0.4 is 9.88 Å². The first-order valence-electron chi connectivity index (χ1n) is 7.58. The molecule has 1 aliphatic rings. The van der Waals surface area contributed by atoms with Gasteiger partial charge in [0.05, 0.1) is 0 Å². The Kier molecular flexibility index (Phi) is 4.00. The Bertz CT molecular complexity index is 664. The third-order valence-electron chi connectivity index (χ3n) is 3.97. The highest BCUT2D eigenvalue weighted by atomic mass is 16.1. The molecule has 1 N–H and O–H groups in total. The minimum atomic E-state index is 0.0151. The SMILES string of the molecule is Cc1cccc(NC(=O)C[n+]2ccc3c(c2)CCCC3)c1. The lowest BCUT2D eigenvalue weighted by atomic mass is 9.93. The van der Waals surface area contributed by atoms with Gasteiger partial charge < -0.3 is 5.32 Å². The number of benzene rings is 1. The van der Waals surface area contributed by atoms with Gasteiger partial charge in [0.15, 0.2) is 12.4 Å². The molecule has 3 nitrogen and oxygen atoms in total. The Morgan fingerprint density at radius 2 is 2.00 bits per heavy atom. The van der Waals surface area contributed by atoms with E-state index in [2.05, 4.69) is 17.6 Å². The van der Waals surface area contributed by atoms with Crippen LogP contribution in [0.3, 0.4) is 0 Å². The van der Waals surface area contributed by atoms with Gasteiger partial charge in [-0.05, 0) is 55.9 Å². The zero-order valence-corrected chi connectivity index (χ0v) is 12.4. The van der Waals surface area contributed by atoms with Crippen LogP contribution in [-0.4, -0.2) is 5.91 Å². The Balaban J connectivity index is 1.67. The number of nitrogens with zero attached hydrogens (tertiary/aromatic N) is 1. The van der Waals surface area contributed by atoms with Crippen molar-refractivity contribution >= 4 is 11.6 Å². The van der Waals surface area contributed by atoms with E-state index in [4.69, 9.17) is 0 Å². The summed E-state index contributed by atoms with van der Waals surface area (Å²) in [6.45, 7) is 2.38. The zero-order valence-electron chi connectivity index (χ0n) is 12.4. The van der Waals surface area contributed by atoms with Crippen LogP contribution in [0.2, 0.25) is 0 Å². The van der Waals surface area contributed by atoms with Gasteiger partial charge in [0.25, 0.3) is 5.91 Å². The van der Waals surface area contributed by atoms with Crippen molar-refractivity contribution in [3.05, 3.63) is 59.4 Å². The largest absolute Gasteiger partial charge is 0.321 e. The quantitative estimate of drug-likeness (QED) is 0.862. The van der Waals surface area contributed by atoms with Gasteiger partial charge in [0.2, 0.25) is 6.54 Å². The molecule has 0 bridgehead atoms. The van der Waals surface area contributed by atoms with E-state index in [9.17, 15) is 4.79 Å². The van der Waals surface area contributed by atoms with Crippen molar-refractivity contribution in [3.8, 4) is 0 Å². The molecule has 1 heterocycles. The van der Waals surface area contributed by atoms with E-state index in [1.54, 1.807) is 0 Å².